The zero-order chi connectivity index (χ0) is 23.3. The molecule has 170 valence electrons. The minimum Gasteiger partial charge on any atom is -0.493 e. The molecular formula is C24H28N2O6. The van der Waals surface area contributed by atoms with Gasteiger partial charge in [-0.1, -0.05) is 6.07 Å². The largest absolute Gasteiger partial charge is 0.493 e. The molecule has 0 amide bonds. The molecule has 0 saturated heterocycles. The van der Waals surface area contributed by atoms with E-state index in [4.69, 9.17) is 14.2 Å². The van der Waals surface area contributed by atoms with Gasteiger partial charge in [-0.25, -0.2) is 0 Å². The number of hydrogen-bond acceptors (Lipinski definition) is 7. The van der Waals surface area contributed by atoms with Gasteiger partial charge >= 0.3 is 5.97 Å². The van der Waals surface area contributed by atoms with Crippen molar-refractivity contribution in [3.63, 3.8) is 0 Å². The molecule has 1 aliphatic rings. The third-order valence-corrected chi connectivity index (χ3v) is 5.82. The van der Waals surface area contributed by atoms with Crippen molar-refractivity contribution in [3.05, 3.63) is 47.0 Å². The Morgan fingerprint density at radius 3 is 2.16 bits per heavy atom. The van der Waals surface area contributed by atoms with Gasteiger partial charge in [0.25, 0.3) is 0 Å². The summed E-state index contributed by atoms with van der Waals surface area (Å²) in [7, 11) is 4.43. The molecule has 0 radical (unpaired) electrons. The SMILES string of the molecule is COc1cc(C(C(=O)O)c2ccc(C#N)c(NC3CCC(O)CC3)c2)cc(OC)c1OC. The minimum absolute atomic E-state index is 0.116. The molecule has 0 heterocycles. The quantitative estimate of drug-likeness (QED) is 0.570. The summed E-state index contributed by atoms with van der Waals surface area (Å²) in [6.45, 7) is 0. The average Bonchev–Trinajstić information content (AvgIpc) is 2.80. The van der Waals surface area contributed by atoms with Crippen LogP contribution in [0, 0.1) is 11.3 Å². The van der Waals surface area contributed by atoms with E-state index in [1.807, 2.05) is 0 Å². The maximum atomic E-state index is 12.3. The topological polar surface area (TPSA) is 121 Å². The summed E-state index contributed by atoms with van der Waals surface area (Å²) in [6, 6.07) is 10.5. The zero-order valence-electron chi connectivity index (χ0n) is 18.4. The first kappa shape index (κ1) is 23.2. The second kappa shape index (κ2) is 10.2. The van der Waals surface area contributed by atoms with Gasteiger partial charge in [0.15, 0.2) is 11.5 Å². The van der Waals surface area contributed by atoms with E-state index < -0.39 is 11.9 Å². The first-order chi connectivity index (χ1) is 15.4. The molecule has 1 atom stereocenters. The third kappa shape index (κ3) is 4.89. The van der Waals surface area contributed by atoms with Gasteiger partial charge in [-0.15, -0.1) is 0 Å². The number of nitrogens with one attached hydrogen (secondary N) is 1. The number of hydrogen-bond donors (Lipinski definition) is 3. The molecule has 3 rings (SSSR count). The number of aliphatic carboxylic acids is 1. The third-order valence-electron chi connectivity index (χ3n) is 5.82. The average molecular weight is 440 g/mol. The number of benzene rings is 2. The highest BCUT2D eigenvalue weighted by molar-refractivity contribution is 5.82. The summed E-state index contributed by atoms with van der Waals surface area (Å²) >= 11 is 0. The van der Waals surface area contributed by atoms with Crippen LogP contribution < -0.4 is 19.5 Å². The van der Waals surface area contributed by atoms with Crippen LogP contribution in [0.5, 0.6) is 17.2 Å². The predicted octanol–water partition coefficient (Wildman–Crippen LogP) is 3.52. The number of methoxy groups -OCH3 is 3. The number of rotatable bonds is 8. The number of ether oxygens (including phenoxy) is 3. The molecule has 0 aromatic heterocycles. The lowest BCUT2D eigenvalue weighted by Crippen LogP contribution is -2.28. The Balaban J connectivity index is 2.02. The van der Waals surface area contributed by atoms with E-state index in [-0.39, 0.29) is 12.1 Å². The smallest absolute Gasteiger partial charge is 0.315 e. The summed E-state index contributed by atoms with van der Waals surface area (Å²) in [5.41, 5.74) is 2.01. The fraction of sp³-hybridized carbons (Fsp3) is 0.417. The van der Waals surface area contributed by atoms with Crippen LogP contribution in [0.15, 0.2) is 30.3 Å². The Hall–Kier alpha value is -3.44. The van der Waals surface area contributed by atoms with E-state index in [2.05, 4.69) is 11.4 Å². The van der Waals surface area contributed by atoms with E-state index in [0.29, 0.717) is 52.5 Å². The monoisotopic (exact) mass is 440 g/mol. The van der Waals surface area contributed by atoms with Crippen molar-refractivity contribution in [1.82, 2.24) is 0 Å². The van der Waals surface area contributed by atoms with E-state index >= 15 is 0 Å². The Bertz CT molecular complexity index is 983. The highest BCUT2D eigenvalue weighted by atomic mass is 16.5. The molecule has 1 fully saturated rings. The number of carbonyl (C=O) groups is 1. The van der Waals surface area contributed by atoms with Crippen molar-refractivity contribution in [2.24, 2.45) is 0 Å². The van der Waals surface area contributed by atoms with Gasteiger partial charge < -0.3 is 29.7 Å². The van der Waals surface area contributed by atoms with Crippen molar-refractivity contribution in [3.8, 4) is 23.3 Å². The fourth-order valence-corrected chi connectivity index (χ4v) is 4.14. The van der Waals surface area contributed by atoms with Crippen molar-refractivity contribution in [1.29, 1.82) is 5.26 Å². The minimum atomic E-state index is -1.05. The molecule has 0 aliphatic heterocycles. The molecule has 8 heteroatoms. The molecule has 0 spiro atoms. The summed E-state index contributed by atoms with van der Waals surface area (Å²) in [5.74, 6) is -0.952. The second-order valence-corrected chi connectivity index (χ2v) is 7.80. The molecule has 8 nitrogen and oxygen atoms in total. The van der Waals surface area contributed by atoms with Crippen LogP contribution in [-0.4, -0.2) is 49.7 Å². The van der Waals surface area contributed by atoms with Crippen LogP contribution >= 0.6 is 0 Å². The van der Waals surface area contributed by atoms with Crippen molar-refractivity contribution in [2.75, 3.05) is 26.6 Å². The lowest BCUT2D eigenvalue weighted by molar-refractivity contribution is -0.137. The van der Waals surface area contributed by atoms with Gasteiger partial charge in [-0.3, -0.25) is 4.79 Å². The Kier molecular flexibility index (Phi) is 7.44. The van der Waals surface area contributed by atoms with Gasteiger partial charge in [-0.05, 0) is 61.1 Å². The number of anilines is 1. The normalized spacial score (nSPS) is 18.8. The van der Waals surface area contributed by atoms with E-state index in [9.17, 15) is 20.3 Å². The van der Waals surface area contributed by atoms with Gasteiger partial charge in [0.1, 0.15) is 12.0 Å². The van der Waals surface area contributed by atoms with Crippen molar-refractivity contribution < 1.29 is 29.2 Å². The molecule has 3 N–H and O–H groups in total. The maximum absolute atomic E-state index is 12.3. The van der Waals surface area contributed by atoms with Crippen LogP contribution in [0.2, 0.25) is 0 Å². The van der Waals surface area contributed by atoms with Gasteiger partial charge in [0.2, 0.25) is 5.75 Å². The summed E-state index contributed by atoms with van der Waals surface area (Å²) in [5, 5.41) is 32.7. The number of carboxylic acids is 1. The van der Waals surface area contributed by atoms with Gasteiger partial charge in [-0.2, -0.15) is 5.26 Å². The van der Waals surface area contributed by atoms with Crippen LogP contribution in [-0.2, 0) is 4.79 Å². The number of nitriles is 1. The highest BCUT2D eigenvalue weighted by Gasteiger charge is 2.27. The van der Waals surface area contributed by atoms with Crippen molar-refractivity contribution in [2.45, 2.75) is 43.7 Å². The molecular weight excluding hydrogens is 412 g/mol. The predicted molar refractivity (Wildman–Crippen MR) is 119 cm³/mol. The molecule has 1 unspecified atom stereocenters. The van der Waals surface area contributed by atoms with E-state index in [1.165, 1.54) is 21.3 Å². The van der Waals surface area contributed by atoms with Crippen LogP contribution in [0.1, 0.15) is 48.3 Å². The highest BCUT2D eigenvalue weighted by Crippen LogP contribution is 2.42. The van der Waals surface area contributed by atoms with Gasteiger partial charge in [0, 0.05) is 6.04 Å². The Morgan fingerprint density at radius 1 is 1.03 bits per heavy atom. The lowest BCUT2D eigenvalue weighted by atomic mass is 9.89. The maximum Gasteiger partial charge on any atom is 0.315 e. The molecule has 2 aromatic carbocycles. The Labute approximate surface area is 187 Å². The standard InChI is InChI=1S/C24H28N2O6/c1-30-20-11-16(12-21(31-2)23(20)32-3)22(24(28)29)14-4-5-15(13-25)19(10-14)26-17-6-8-18(27)9-7-17/h4-5,10-12,17-18,22,26-27H,6-9H2,1-3H3,(H,28,29). The lowest BCUT2D eigenvalue weighted by Gasteiger charge is -2.28. The number of carboxylic acid groups (broad SMARTS) is 1. The zero-order valence-corrected chi connectivity index (χ0v) is 18.4. The second-order valence-electron chi connectivity index (χ2n) is 7.80. The number of nitrogens with zero attached hydrogens (tertiary/aromatic N) is 1. The first-order valence-electron chi connectivity index (χ1n) is 10.4. The summed E-state index contributed by atoms with van der Waals surface area (Å²) in [6.07, 6.45) is 2.67. The molecule has 2 aromatic rings. The molecule has 1 aliphatic carbocycles. The fourth-order valence-electron chi connectivity index (χ4n) is 4.14. The Morgan fingerprint density at radius 2 is 1.66 bits per heavy atom. The number of aliphatic hydroxyl groups excluding tert-OH is 1. The van der Waals surface area contributed by atoms with Crippen molar-refractivity contribution >= 4 is 11.7 Å². The molecule has 0 bridgehead atoms. The van der Waals surface area contributed by atoms with Crippen LogP contribution in [0.4, 0.5) is 5.69 Å². The summed E-state index contributed by atoms with van der Waals surface area (Å²) in [4.78, 5) is 12.3. The molecule has 32 heavy (non-hydrogen) atoms. The van der Waals surface area contributed by atoms with E-state index in [0.717, 1.165) is 12.8 Å². The summed E-state index contributed by atoms with van der Waals surface area (Å²) < 4.78 is 16.1. The molecule has 1 saturated carbocycles. The van der Waals surface area contributed by atoms with E-state index in [1.54, 1.807) is 30.3 Å². The number of aliphatic hydroxyl groups is 1. The first-order valence-corrected chi connectivity index (χ1v) is 10.4. The van der Waals surface area contributed by atoms with Crippen LogP contribution in [0.3, 0.4) is 0 Å². The van der Waals surface area contributed by atoms with Crippen LogP contribution in [0.25, 0.3) is 0 Å². The van der Waals surface area contributed by atoms with Gasteiger partial charge in [0.05, 0.1) is 38.7 Å².